The summed E-state index contributed by atoms with van der Waals surface area (Å²) in [6, 6.07) is 19.8. The number of fused-ring (bicyclic) bond motifs is 1. The number of aryl methyl sites for hydroxylation is 1. The lowest BCUT2D eigenvalue weighted by molar-refractivity contribution is -0.139. The molecule has 5 heteroatoms. The van der Waals surface area contributed by atoms with Crippen LogP contribution in [0.1, 0.15) is 36.6 Å². The number of esters is 1. The van der Waals surface area contributed by atoms with Gasteiger partial charge < -0.3 is 9.47 Å². The third kappa shape index (κ3) is 2.99. The average molecular weight is 374 g/mol. The largest absolute Gasteiger partial charge is 0.463 e. The Morgan fingerprint density at radius 2 is 1.71 bits per heavy atom. The highest BCUT2D eigenvalue weighted by molar-refractivity contribution is 5.92. The molecule has 0 radical (unpaired) electrons. The predicted octanol–water partition coefficient (Wildman–Crippen LogP) is 4.54. The van der Waals surface area contributed by atoms with Gasteiger partial charge in [0, 0.05) is 0 Å². The van der Waals surface area contributed by atoms with E-state index in [1.807, 2.05) is 74.5 Å². The normalized spacial score (nSPS) is 15.8. The third-order valence-electron chi connectivity index (χ3n) is 4.90. The van der Waals surface area contributed by atoms with Gasteiger partial charge in [0.1, 0.15) is 5.76 Å². The van der Waals surface area contributed by atoms with Crippen molar-refractivity contribution < 1.29 is 14.3 Å². The monoisotopic (exact) mass is 374 g/mol. The van der Waals surface area contributed by atoms with Gasteiger partial charge in [-0.25, -0.2) is 9.48 Å². The Morgan fingerprint density at radius 1 is 1.07 bits per heavy atom. The number of rotatable bonds is 4. The number of allylic oxidation sites excluding steroid dienone is 1. The molecule has 0 N–H and O–H groups in total. The Balaban J connectivity index is 1.94. The zero-order valence-electron chi connectivity index (χ0n) is 16.2. The van der Waals surface area contributed by atoms with Gasteiger partial charge >= 0.3 is 5.97 Å². The second kappa shape index (κ2) is 7.35. The van der Waals surface area contributed by atoms with Crippen LogP contribution in [0.25, 0.3) is 5.69 Å². The van der Waals surface area contributed by atoms with Gasteiger partial charge in [0.25, 0.3) is 0 Å². The van der Waals surface area contributed by atoms with E-state index < -0.39 is 0 Å². The Labute approximate surface area is 164 Å². The molecular formula is C23H22N2O3. The summed E-state index contributed by atoms with van der Waals surface area (Å²) < 4.78 is 13.3. The predicted molar refractivity (Wildman–Crippen MR) is 107 cm³/mol. The van der Waals surface area contributed by atoms with Gasteiger partial charge in [0.2, 0.25) is 5.88 Å². The lowest BCUT2D eigenvalue weighted by atomic mass is 9.83. The first-order valence-corrected chi connectivity index (χ1v) is 9.37. The van der Waals surface area contributed by atoms with Crippen molar-refractivity contribution >= 4 is 5.97 Å². The second-order valence-corrected chi connectivity index (χ2v) is 6.69. The van der Waals surface area contributed by atoms with E-state index in [4.69, 9.17) is 14.6 Å². The van der Waals surface area contributed by atoms with Crippen molar-refractivity contribution in [2.45, 2.75) is 26.7 Å². The van der Waals surface area contributed by atoms with Crippen LogP contribution < -0.4 is 4.74 Å². The van der Waals surface area contributed by atoms with Crippen LogP contribution in [0.3, 0.4) is 0 Å². The zero-order valence-corrected chi connectivity index (χ0v) is 16.2. The fraction of sp³-hybridized carbons (Fsp3) is 0.217. The maximum absolute atomic E-state index is 12.8. The molecule has 5 nitrogen and oxygen atoms in total. The first-order chi connectivity index (χ1) is 13.6. The van der Waals surface area contributed by atoms with E-state index in [0.29, 0.717) is 23.8 Å². The fourth-order valence-electron chi connectivity index (χ4n) is 3.69. The first-order valence-electron chi connectivity index (χ1n) is 9.37. The topological polar surface area (TPSA) is 53.4 Å². The Bertz CT molecular complexity index is 1040. The number of aromatic nitrogens is 2. The van der Waals surface area contributed by atoms with Crippen LogP contribution in [0.2, 0.25) is 0 Å². The van der Waals surface area contributed by atoms with Gasteiger partial charge in [0.05, 0.1) is 35.0 Å². The number of para-hydroxylation sites is 1. The molecular weight excluding hydrogens is 352 g/mol. The van der Waals surface area contributed by atoms with Crippen molar-refractivity contribution in [3.8, 4) is 11.6 Å². The molecule has 0 spiro atoms. The highest BCUT2D eigenvalue weighted by Crippen LogP contribution is 2.45. The van der Waals surface area contributed by atoms with Crippen molar-refractivity contribution in [1.29, 1.82) is 0 Å². The van der Waals surface area contributed by atoms with Crippen molar-refractivity contribution in [3.05, 3.63) is 88.8 Å². The molecule has 1 atom stereocenters. The number of ether oxygens (including phenoxy) is 2. The standard InChI is InChI=1S/C23H22N2O3/c1-4-27-23(26)20-16(3)28-22-19(21(20)17-11-7-5-8-12-17)15(2)24-25(22)18-13-9-6-10-14-18/h5-14,21H,4H2,1-3H3/t21-/m0/s1. The van der Waals surface area contributed by atoms with E-state index >= 15 is 0 Å². The van der Waals surface area contributed by atoms with Gasteiger partial charge in [-0.15, -0.1) is 0 Å². The highest BCUT2D eigenvalue weighted by atomic mass is 16.5. The Hall–Kier alpha value is -3.34. The minimum atomic E-state index is -0.355. The first kappa shape index (κ1) is 18.0. The van der Waals surface area contributed by atoms with Crippen LogP contribution >= 0.6 is 0 Å². The molecule has 1 aliphatic rings. The van der Waals surface area contributed by atoms with E-state index in [-0.39, 0.29) is 11.9 Å². The molecule has 142 valence electrons. The van der Waals surface area contributed by atoms with Crippen molar-refractivity contribution in [2.24, 2.45) is 0 Å². The summed E-state index contributed by atoms with van der Waals surface area (Å²) in [6.45, 7) is 5.87. The molecule has 1 aliphatic heterocycles. The van der Waals surface area contributed by atoms with Gasteiger partial charge in [-0.05, 0) is 38.5 Å². The van der Waals surface area contributed by atoms with Gasteiger partial charge in [-0.1, -0.05) is 48.5 Å². The van der Waals surface area contributed by atoms with Crippen LogP contribution in [0.15, 0.2) is 72.0 Å². The van der Waals surface area contributed by atoms with Crippen LogP contribution in [-0.4, -0.2) is 22.4 Å². The molecule has 0 aliphatic carbocycles. The average Bonchev–Trinajstić information content (AvgIpc) is 3.04. The molecule has 2 heterocycles. The summed E-state index contributed by atoms with van der Waals surface area (Å²) in [6.07, 6.45) is 0. The van der Waals surface area contributed by atoms with Crippen LogP contribution in [0, 0.1) is 6.92 Å². The number of carbonyl (C=O) groups is 1. The molecule has 3 aromatic rings. The van der Waals surface area contributed by atoms with E-state index in [2.05, 4.69) is 0 Å². The smallest absolute Gasteiger partial charge is 0.338 e. The molecule has 0 bridgehead atoms. The third-order valence-corrected chi connectivity index (χ3v) is 4.90. The summed E-state index contributed by atoms with van der Waals surface area (Å²) in [4.78, 5) is 12.8. The molecule has 0 fully saturated rings. The minimum absolute atomic E-state index is 0.290. The molecule has 0 unspecified atom stereocenters. The Morgan fingerprint density at radius 3 is 2.36 bits per heavy atom. The van der Waals surface area contributed by atoms with Crippen molar-refractivity contribution in [1.82, 2.24) is 9.78 Å². The number of hydrogen-bond donors (Lipinski definition) is 0. The summed E-state index contributed by atoms with van der Waals surface area (Å²) in [5, 5.41) is 4.73. The Kier molecular flexibility index (Phi) is 4.74. The van der Waals surface area contributed by atoms with E-state index in [1.165, 1.54) is 0 Å². The van der Waals surface area contributed by atoms with E-state index in [9.17, 15) is 4.79 Å². The molecule has 1 aromatic heterocycles. The molecule has 0 amide bonds. The van der Waals surface area contributed by atoms with Crippen LogP contribution in [-0.2, 0) is 9.53 Å². The van der Waals surface area contributed by atoms with E-state index in [1.54, 1.807) is 11.6 Å². The maximum Gasteiger partial charge on any atom is 0.338 e. The zero-order chi connectivity index (χ0) is 19.7. The number of benzene rings is 2. The van der Waals surface area contributed by atoms with Crippen molar-refractivity contribution in [2.75, 3.05) is 6.61 Å². The van der Waals surface area contributed by atoms with Crippen LogP contribution in [0.4, 0.5) is 0 Å². The number of nitrogens with zero attached hydrogens (tertiary/aromatic N) is 2. The van der Waals surface area contributed by atoms with E-state index in [0.717, 1.165) is 22.5 Å². The molecule has 0 saturated heterocycles. The molecule has 2 aromatic carbocycles. The molecule has 4 rings (SSSR count). The lowest BCUT2D eigenvalue weighted by Gasteiger charge is -2.27. The lowest BCUT2D eigenvalue weighted by Crippen LogP contribution is -2.23. The SMILES string of the molecule is CCOC(=O)C1=C(C)Oc2c(c(C)nn2-c2ccccc2)[C@@H]1c1ccccc1. The van der Waals surface area contributed by atoms with Gasteiger partial charge in [-0.2, -0.15) is 5.10 Å². The highest BCUT2D eigenvalue weighted by Gasteiger charge is 2.38. The maximum atomic E-state index is 12.8. The molecule has 28 heavy (non-hydrogen) atoms. The summed E-state index contributed by atoms with van der Waals surface area (Å²) in [5.41, 5.74) is 4.15. The number of hydrogen-bond acceptors (Lipinski definition) is 4. The summed E-state index contributed by atoms with van der Waals surface area (Å²) in [5.74, 6) is 0.535. The van der Waals surface area contributed by atoms with Crippen LogP contribution in [0.5, 0.6) is 5.88 Å². The fourth-order valence-corrected chi connectivity index (χ4v) is 3.69. The van der Waals surface area contributed by atoms with Gasteiger partial charge in [0.15, 0.2) is 0 Å². The summed E-state index contributed by atoms with van der Waals surface area (Å²) in [7, 11) is 0. The number of carbonyl (C=O) groups excluding carboxylic acids is 1. The van der Waals surface area contributed by atoms with Crippen molar-refractivity contribution in [3.63, 3.8) is 0 Å². The molecule has 0 saturated carbocycles. The quantitative estimate of drug-likeness (QED) is 0.629. The second-order valence-electron chi connectivity index (χ2n) is 6.69. The van der Waals surface area contributed by atoms with Gasteiger partial charge in [-0.3, -0.25) is 0 Å². The summed E-state index contributed by atoms with van der Waals surface area (Å²) >= 11 is 0. The minimum Gasteiger partial charge on any atom is -0.463 e.